The number of amides is 1. The Bertz CT molecular complexity index is 941. The summed E-state index contributed by atoms with van der Waals surface area (Å²) in [6, 6.07) is 14.4. The fourth-order valence-electron chi connectivity index (χ4n) is 3.27. The third-order valence-corrected chi connectivity index (χ3v) is 6.82. The lowest BCUT2D eigenvalue weighted by Crippen LogP contribution is -2.40. The summed E-state index contributed by atoms with van der Waals surface area (Å²) in [5, 5.41) is 2.81. The van der Waals surface area contributed by atoms with Gasteiger partial charge in [0.2, 0.25) is 15.9 Å². The molecule has 1 atom stereocenters. The Morgan fingerprint density at radius 1 is 1.17 bits per heavy atom. The number of hydrogen-bond donors (Lipinski definition) is 1. The number of benzene rings is 2. The molecule has 3 rings (SSSR count). The van der Waals surface area contributed by atoms with E-state index in [2.05, 4.69) is 5.32 Å². The Labute approximate surface area is 171 Å². The summed E-state index contributed by atoms with van der Waals surface area (Å²) < 4.78 is 38.0. The van der Waals surface area contributed by atoms with Crippen LogP contribution in [0.5, 0.6) is 5.75 Å². The maximum Gasteiger partial charge on any atom is 0.246 e. The second-order valence-corrected chi connectivity index (χ2v) is 8.85. The van der Waals surface area contributed by atoms with E-state index in [0.29, 0.717) is 25.3 Å². The predicted molar refractivity (Wildman–Crippen MR) is 111 cm³/mol. The minimum atomic E-state index is -3.75. The minimum absolute atomic E-state index is 0.0378. The van der Waals surface area contributed by atoms with Crippen LogP contribution in [0.2, 0.25) is 0 Å². The smallest absolute Gasteiger partial charge is 0.246 e. The molecular weight excluding hydrogens is 392 g/mol. The Kier molecular flexibility index (Phi) is 6.89. The predicted octanol–water partition coefficient (Wildman–Crippen LogP) is 2.85. The van der Waals surface area contributed by atoms with Gasteiger partial charge in [-0.3, -0.25) is 4.79 Å². The number of sulfonamides is 1. The highest BCUT2D eigenvalue weighted by Crippen LogP contribution is 2.30. The summed E-state index contributed by atoms with van der Waals surface area (Å²) >= 11 is 0. The molecule has 0 unspecified atom stereocenters. The molecule has 0 aliphatic carbocycles. The average Bonchev–Trinajstić information content (AvgIpc) is 2.74. The van der Waals surface area contributed by atoms with Gasteiger partial charge in [0.15, 0.2) is 0 Å². The van der Waals surface area contributed by atoms with Crippen LogP contribution in [0.4, 0.5) is 5.69 Å². The van der Waals surface area contributed by atoms with E-state index in [1.165, 1.54) is 17.5 Å². The van der Waals surface area contributed by atoms with Crippen molar-refractivity contribution in [1.82, 2.24) is 4.31 Å². The number of carbonyl (C=O) groups excluding carboxylic acids is 1. The van der Waals surface area contributed by atoms with E-state index in [1.807, 2.05) is 37.3 Å². The second-order valence-electron chi connectivity index (χ2n) is 6.95. The topological polar surface area (TPSA) is 84.9 Å². The van der Waals surface area contributed by atoms with Gasteiger partial charge in [0.1, 0.15) is 10.6 Å². The van der Waals surface area contributed by atoms with Crippen molar-refractivity contribution in [2.75, 3.05) is 38.7 Å². The first-order valence-electron chi connectivity index (χ1n) is 9.52. The van der Waals surface area contributed by atoms with Crippen molar-refractivity contribution in [2.24, 2.45) is 0 Å². The molecule has 7 nitrogen and oxygen atoms in total. The van der Waals surface area contributed by atoms with E-state index in [-0.39, 0.29) is 35.6 Å². The van der Waals surface area contributed by atoms with E-state index >= 15 is 0 Å². The first kappa shape index (κ1) is 21.3. The molecule has 0 radical (unpaired) electrons. The minimum Gasteiger partial charge on any atom is -0.495 e. The summed E-state index contributed by atoms with van der Waals surface area (Å²) in [6.45, 7) is 3.27. The quantitative estimate of drug-likeness (QED) is 0.747. The summed E-state index contributed by atoms with van der Waals surface area (Å²) in [7, 11) is -2.33. The molecule has 2 aromatic rings. The van der Waals surface area contributed by atoms with E-state index in [0.717, 1.165) is 5.56 Å². The monoisotopic (exact) mass is 418 g/mol. The van der Waals surface area contributed by atoms with Crippen molar-refractivity contribution in [2.45, 2.75) is 24.2 Å². The molecule has 1 amide bonds. The summed E-state index contributed by atoms with van der Waals surface area (Å²) in [5.74, 6) is 0.111. The number of rotatable bonds is 7. The summed E-state index contributed by atoms with van der Waals surface area (Å²) in [4.78, 5) is 12.5. The van der Waals surface area contributed by atoms with Crippen molar-refractivity contribution in [3.63, 3.8) is 0 Å². The number of methoxy groups -OCH3 is 1. The van der Waals surface area contributed by atoms with Crippen molar-refractivity contribution < 1.29 is 22.7 Å². The molecule has 0 bridgehead atoms. The summed E-state index contributed by atoms with van der Waals surface area (Å²) in [6.07, 6.45) is 0.293. The maximum absolute atomic E-state index is 13.0. The molecule has 1 fully saturated rings. The van der Waals surface area contributed by atoms with Crippen LogP contribution in [-0.4, -0.2) is 52.0 Å². The lowest BCUT2D eigenvalue weighted by Gasteiger charge is -2.26. The molecule has 156 valence electrons. The average molecular weight is 419 g/mol. The number of ether oxygens (including phenoxy) is 2. The van der Waals surface area contributed by atoms with Gasteiger partial charge in [-0.2, -0.15) is 4.31 Å². The van der Waals surface area contributed by atoms with Crippen LogP contribution < -0.4 is 10.1 Å². The largest absolute Gasteiger partial charge is 0.495 e. The van der Waals surface area contributed by atoms with Crippen molar-refractivity contribution in [3.8, 4) is 5.75 Å². The lowest BCUT2D eigenvalue weighted by atomic mass is 9.97. The van der Waals surface area contributed by atoms with Crippen molar-refractivity contribution >= 4 is 21.6 Å². The number of anilines is 1. The maximum atomic E-state index is 13.0. The zero-order valence-electron chi connectivity index (χ0n) is 16.6. The Hall–Kier alpha value is -2.42. The van der Waals surface area contributed by atoms with Gasteiger partial charge in [0, 0.05) is 25.2 Å². The molecule has 1 heterocycles. The molecule has 0 spiro atoms. The van der Waals surface area contributed by atoms with Crippen LogP contribution in [0.25, 0.3) is 0 Å². The van der Waals surface area contributed by atoms with Gasteiger partial charge < -0.3 is 14.8 Å². The first-order chi connectivity index (χ1) is 13.9. The van der Waals surface area contributed by atoms with Crippen LogP contribution in [0.15, 0.2) is 53.4 Å². The van der Waals surface area contributed by atoms with Crippen molar-refractivity contribution in [3.05, 3.63) is 54.1 Å². The van der Waals surface area contributed by atoms with Crippen LogP contribution >= 0.6 is 0 Å². The molecule has 1 aliphatic heterocycles. The van der Waals surface area contributed by atoms with Crippen LogP contribution in [0.3, 0.4) is 0 Å². The standard InChI is InChI=1S/C21H26N2O5S/c1-16(17-6-4-3-5-7-17)14-21(24)22-18-8-9-19(27-2)20(15-18)29(25,26)23-10-12-28-13-11-23/h3-9,15-16H,10-14H2,1-2H3,(H,22,24)/t16-/m0/s1. The normalized spacial score (nSPS) is 16.2. The first-order valence-corrected chi connectivity index (χ1v) is 11.0. The molecule has 1 N–H and O–H groups in total. The van der Waals surface area contributed by atoms with Crippen LogP contribution in [0.1, 0.15) is 24.8 Å². The molecule has 0 aromatic heterocycles. The Morgan fingerprint density at radius 3 is 2.52 bits per heavy atom. The van der Waals surface area contributed by atoms with Crippen LogP contribution in [0, 0.1) is 0 Å². The van der Waals surface area contributed by atoms with Crippen molar-refractivity contribution in [1.29, 1.82) is 0 Å². The van der Waals surface area contributed by atoms with E-state index in [9.17, 15) is 13.2 Å². The SMILES string of the molecule is COc1ccc(NC(=O)C[C@H](C)c2ccccc2)cc1S(=O)(=O)N1CCOCC1. The van der Waals surface area contributed by atoms with E-state index in [1.54, 1.807) is 12.1 Å². The zero-order chi connectivity index (χ0) is 20.9. The van der Waals surface area contributed by atoms with Gasteiger partial charge in [-0.25, -0.2) is 8.42 Å². The third-order valence-electron chi connectivity index (χ3n) is 4.90. The third kappa shape index (κ3) is 5.14. The highest BCUT2D eigenvalue weighted by Gasteiger charge is 2.29. The molecule has 0 saturated carbocycles. The fourth-order valence-corrected chi connectivity index (χ4v) is 4.86. The Balaban J connectivity index is 1.77. The highest BCUT2D eigenvalue weighted by molar-refractivity contribution is 7.89. The summed E-state index contributed by atoms with van der Waals surface area (Å²) in [5.41, 5.74) is 1.50. The van der Waals surface area contributed by atoms with E-state index < -0.39 is 10.0 Å². The Morgan fingerprint density at radius 2 is 1.86 bits per heavy atom. The number of nitrogens with zero attached hydrogens (tertiary/aromatic N) is 1. The highest BCUT2D eigenvalue weighted by atomic mass is 32.2. The number of carbonyl (C=O) groups is 1. The molecule has 1 saturated heterocycles. The van der Waals surface area contributed by atoms with Gasteiger partial charge in [-0.05, 0) is 29.7 Å². The number of hydrogen-bond acceptors (Lipinski definition) is 5. The number of morpholine rings is 1. The molecule has 8 heteroatoms. The van der Waals surface area contributed by atoms with Gasteiger partial charge in [0.25, 0.3) is 0 Å². The van der Waals surface area contributed by atoms with Gasteiger partial charge >= 0.3 is 0 Å². The van der Waals surface area contributed by atoms with Crippen LogP contribution in [-0.2, 0) is 19.6 Å². The molecule has 2 aromatic carbocycles. The van der Waals surface area contributed by atoms with Gasteiger partial charge in [0.05, 0.1) is 20.3 Å². The number of nitrogens with one attached hydrogen (secondary N) is 1. The van der Waals surface area contributed by atoms with Gasteiger partial charge in [-0.1, -0.05) is 37.3 Å². The molecule has 29 heavy (non-hydrogen) atoms. The molecule has 1 aliphatic rings. The second kappa shape index (κ2) is 9.39. The van der Waals surface area contributed by atoms with E-state index in [4.69, 9.17) is 9.47 Å². The zero-order valence-corrected chi connectivity index (χ0v) is 17.4. The lowest BCUT2D eigenvalue weighted by molar-refractivity contribution is -0.116. The fraction of sp³-hybridized carbons (Fsp3) is 0.381. The molecular formula is C21H26N2O5S. The van der Waals surface area contributed by atoms with Gasteiger partial charge in [-0.15, -0.1) is 0 Å².